The minimum atomic E-state index is -0.0470. The van der Waals surface area contributed by atoms with Crippen molar-refractivity contribution in [3.8, 4) is 6.07 Å². The third kappa shape index (κ3) is 2.43. The predicted octanol–water partition coefficient (Wildman–Crippen LogP) is 2.62. The van der Waals surface area contributed by atoms with Crippen LogP contribution < -0.4 is 0 Å². The molecule has 1 aromatic heterocycles. The number of H-pyrrole nitrogens is 1. The summed E-state index contributed by atoms with van der Waals surface area (Å²) in [6, 6.07) is 13.0. The number of aryl methyl sites for hydroxylation is 1. The van der Waals surface area contributed by atoms with Crippen LogP contribution in [0.15, 0.2) is 36.4 Å². The monoisotopic (exact) mass is 224 g/mol. The molecule has 0 fully saturated rings. The van der Waals surface area contributed by atoms with Crippen LogP contribution in [0.3, 0.4) is 0 Å². The molecule has 84 valence electrons. The fourth-order valence-electron chi connectivity index (χ4n) is 1.62. The van der Waals surface area contributed by atoms with E-state index in [0.29, 0.717) is 17.7 Å². The first kappa shape index (κ1) is 11.2. The van der Waals surface area contributed by atoms with Crippen LogP contribution in [0, 0.1) is 18.3 Å². The van der Waals surface area contributed by atoms with E-state index in [9.17, 15) is 4.79 Å². The SMILES string of the molecule is Cc1ccc(C(=O)c2ccc(CC#N)[nH]2)cc1. The highest BCUT2D eigenvalue weighted by atomic mass is 16.1. The second-order valence-corrected chi connectivity index (χ2v) is 3.93. The van der Waals surface area contributed by atoms with Gasteiger partial charge in [-0.1, -0.05) is 29.8 Å². The van der Waals surface area contributed by atoms with E-state index in [1.165, 1.54) is 0 Å². The molecule has 17 heavy (non-hydrogen) atoms. The van der Waals surface area contributed by atoms with Crippen LogP contribution in [0.1, 0.15) is 27.3 Å². The lowest BCUT2D eigenvalue weighted by atomic mass is 10.1. The molecular weight excluding hydrogens is 212 g/mol. The highest BCUT2D eigenvalue weighted by Crippen LogP contribution is 2.11. The maximum absolute atomic E-state index is 12.1. The number of ketones is 1. The summed E-state index contributed by atoms with van der Waals surface area (Å²) < 4.78 is 0. The zero-order valence-electron chi connectivity index (χ0n) is 9.53. The average Bonchev–Trinajstić information content (AvgIpc) is 2.78. The fourth-order valence-corrected chi connectivity index (χ4v) is 1.62. The van der Waals surface area contributed by atoms with Crippen molar-refractivity contribution in [2.45, 2.75) is 13.3 Å². The molecule has 1 aromatic carbocycles. The maximum Gasteiger partial charge on any atom is 0.209 e. The molecule has 0 saturated heterocycles. The van der Waals surface area contributed by atoms with Crippen molar-refractivity contribution < 1.29 is 4.79 Å². The van der Waals surface area contributed by atoms with E-state index in [1.54, 1.807) is 12.1 Å². The summed E-state index contributed by atoms with van der Waals surface area (Å²) in [5.41, 5.74) is 3.07. The summed E-state index contributed by atoms with van der Waals surface area (Å²) in [6.45, 7) is 1.98. The number of benzene rings is 1. The molecule has 0 aliphatic carbocycles. The Labute approximate surface area is 99.7 Å². The van der Waals surface area contributed by atoms with Gasteiger partial charge in [0, 0.05) is 11.3 Å². The number of nitrogens with zero attached hydrogens (tertiary/aromatic N) is 1. The summed E-state index contributed by atoms with van der Waals surface area (Å²) >= 11 is 0. The van der Waals surface area contributed by atoms with Crippen LogP contribution in [0.25, 0.3) is 0 Å². The van der Waals surface area contributed by atoms with Gasteiger partial charge in [-0.15, -0.1) is 0 Å². The number of hydrogen-bond acceptors (Lipinski definition) is 2. The van der Waals surface area contributed by atoms with Gasteiger partial charge in [-0.3, -0.25) is 4.79 Å². The normalized spacial score (nSPS) is 9.88. The third-order valence-electron chi connectivity index (χ3n) is 2.57. The summed E-state index contributed by atoms with van der Waals surface area (Å²) in [6.07, 6.45) is 0.293. The van der Waals surface area contributed by atoms with E-state index in [0.717, 1.165) is 11.3 Å². The average molecular weight is 224 g/mol. The minimum Gasteiger partial charge on any atom is -0.355 e. The zero-order valence-corrected chi connectivity index (χ0v) is 9.53. The van der Waals surface area contributed by atoms with Gasteiger partial charge in [-0.25, -0.2) is 0 Å². The summed E-state index contributed by atoms with van der Waals surface area (Å²) in [4.78, 5) is 15.0. The highest BCUT2D eigenvalue weighted by molar-refractivity contribution is 6.07. The molecule has 0 spiro atoms. The maximum atomic E-state index is 12.1. The Morgan fingerprint density at radius 1 is 1.24 bits per heavy atom. The molecule has 2 rings (SSSR count). The van der Waals surface area contributed by atoms with E-state index in [-0.39, 0.29) is 5.78 Å². The first-order valence-electron chi connectivity index (χ1n) is 5.37. The Hall–Kier alpha value is -2.34. The summed E-state index contributed by atoms with van der Waals surface area (Å²) in [7, 11) is 0. The minimum absolute atomic E-state index is 0.0470. The Morgan fingerprint density at radius 2 is 1.94 bits per heavy atom. The van der Waals surface area contributed by atoms with E-state index < -0.39 is 0 Å². The standard InChI is InChI=1S/C14H12N2O/c1-10-2-4-11(5-3-10)14(17)13-7-6-12(16-13)8-9-15/h2-7,16H,8H2,1H3. The van der Waals surface area contributed by atoms with Gasteiger partial charge in [-0.05, 0) is 19.1 Å². The topological polar surface area (TPSA) is 56.6 Å². The van der Waals surface area contributed by atoms with Crippen LogP contribution in [0.5, 0.6) is 0 Å². The molecule has 0 saturated carbocycles. The van der Waals surface area contributed by atoms with Crippen LogP contribution in [-0.2, 0) is 6.42 Å². The molecule has 3 nitrogen and oxygen atoms in total. The van der Waals surface area contributed by atoms with Gasteiger partial charge in [0.15, 0.2) is 0 Å². The summed E-state index contributed by atoms with van der Waals surface area (Å²) in [5, 5.41) is 8.56. The van der Waals surface area contributed by atoms with E-state index in [4.69, 9.17) is 5.26 Å². The van der Waals surface area contributed by atoms with Crippen LogP contribution in [0.2, 0.25) is 0 Å². The number of carbonyl (C=O) groups is 1. The number of nitriles is 1. The zero-order chi connectivity index (χ0) is 12.3. The van der Waals surface area contributed by atoms with Gasteiger partial charge in [0.2, 0.25) is 5.78 Å². The fraction of sp³-hybridized carbons (Fsp3) is 0.143. The van der Waals surface area contributed by atoms with Gasteiger partial charge in [-0.2, -0.15) is 5.26 Å². The first-order valence-corrected chi connectivity index (χ1v) is 5.37. The molecular formula is C14H12N2O. The molecule has 0 atom stereocenters. The van der Waals surface area contributed by atoms with Crippen molar-refractivity contribution in [1.82, 2.24) is 4.98 Å². The van der Waals surface area contributed by atoms with Crippen LogP contribution in [-0.4, -0.2) is 10.8 Å². The largest absolute Gasteiger partial charge is 0.355 e. The summed E-state index contributed by atoms with van der Waals surface area (Å²) in [5.74, 6) is -0.0470. The molecule has 0 amide bonds. The quantitative estimate of drug-likeness (QED) is 0.815. The van der Waals surface area contributed by atoms with Crippen LogP contribution in [0.4, 0.5) is 0 Å². The molecule has 0 bridgehead atoms. The number of carbonyl (C=O) groups excluding carboxylic acids is 1. The predicted molar refractivity (Wildman–Crippen MR) is 64.7 cm³/mol. The van der Waals surface area contributed by atoms with Crippen molar-refractivity contribution in [1.29, 1.82) is 5.26 Å². The number of rotatable bonds is 3. The molecule has 2 aromatic rings. The van der Waals surface area contributed by atoms with Gasteiger partial charge < -0.3 is 4.98 Å². The van der Waals surface area contributed by atoms with E-state index >= 15 is 0 Å². The van der Waals surface area contributed by atoms with Crippen molar-refractivity contribution in [3.63, 3.8) is 0 Å². The van der Waals surface area contributed by atoms with Gasteiger partial charge in [0.1, 0.15) is 0 Å². The lowest BCUT2D eigenvalue weighted by Gasteiger charge is -1.99. The molecule has 0 aliphatic heterocycles. The second kappa shape index (κ2) is 4.67. The van der Waals surface area contributed by atoms with Crippen molar-refractivity contribution in [2.24, 2.45) is 0 Å². The lowest BCUT2D eigenvalue weighted by molar-refractivity contribution is 0.103. The first-order chi connectivity index (χ1) is 8.20. The molecule has 1 N–H and O–H groups in total. The second-order valence-electron chi connectivity index (χ2n) is 3.93. The van der Waals surface area contributed by atoms with E-state index in [1.807, 2.05) is 37.3 Å². The lowest BCUT2D eigenvalue weighted by Crippen LogP contribution is -2.01. The molecule has 3 heteroatoms. The number of hydrogen-bond donors (Lipinski definition) is 1. The highest BCUT2D eigenvalue weighted by Gasteiger charge is 2.10. The number of aromatic nitrogens is 1. The Morgan fingerprint density at radius 3 is 2.59 bits per heavy atom. The Balaban J connectivity index is 2.25. The number of aromatic amines is 1. The molecule has 0 unspecified atom stereocenters. The van der Waals surface area contributed by atoms with Crippen molar-refractivity contribution in [3.05, 3.63) is 58.9 Å². The van der Waals surface area contributed by atoms with Crippen molar-refractivity contribution in [2.75, 3.05) is 0 Å². The molecule has 0 aliphatic rings. The molecule has 0 radical (unpaired) electrons. The third-order valence-corrected chi connectivity index (χ3v) is 2.57. The molecule has 1 heterocycles. The Bertz CT molecular complexity index is 573. The van der Waals surface area contributed by atoms with Crippen LogP contribution >= 0.6 is 0 Å². The smallest absolute Gasteiger partial charge is 0.209 e. The Kier molecular flexibility index (Phi) is 3.06. The van der Waals surface area contributed by atoms with Gasteiger partial charge in [0.05, 0.1) is 18.2 Å². The number of nitrogens with one attached hydrogen (secondary N) is 1. The van der Waals surface area contributed by atoms with E-state index in [2.05, 4.69) is 4.98 Å². The van der Waals surface area contributed by atoms with Gasteiger partial charge in [0.25, 0.3) is 0 Å². The van der Waals surface area contributed by atoms with Crippen molar-refractivity contribution >= 4 is 5.78 Å². The van der Waals surface area contributed by atoms with Gasteiger partial charge >= 0.3 is 0 Å².